The van der Waals surface area contributed by atoms with Gasteiger partial charge in [-0.2, -0.15) is 4.98 Å². The summed E-state index contributed by atoms with van der Waals surface area (Å²) in [6.45, 7) is 0. The number of terminal acetylenes is 1. The number of furan rings is 1. The van der Waals surface area contributed by atoms with Gasteiger partial charge < -0.3 is 14.3 Å². The average Bonchev–Trinajstić information content (AvgIpc) is 3.24. The molecule has 23 heavy (non-hydrogen) atoms. The van der Waals surface area contributed by atoms with Crippen molar-refractivity contribution in [3.8, 4) is 23.9 Å². The van der Waals surface area contributed by atoms with E-state index >= 15 is 0 Å². The van der Waals surface area contributed by atoms with Crippen molar-refractivity contribution in [1.82, 2.24) is 10.1 Å². The van der Waals surface area contributed by atoms with Gasteiger partial charge in [0, 0.05) is 24.1 Å². The molecule has 1 N–H and O–H groups in total. The van der Waals surface area contributed by atoms with Gasteiger partial charge in [-0.1, -0.05) is 17.1 Å². The molecule has 0 fully saturated rings. The van der Waals surface area contributed by atoms with Crippen LogP contribution < -0.4 is 5.32 Å². The number of nitrogens with zero attached hydrogens (tertiary/aromatic N) is 2. The van der Waals surface area contributed by atoms with Crippen LogP contribution in [0.1, 0.15) is 17.9 Å². The van der Waals surface area contributed by atoms with E-state index in [1.54, 1.807) is 36.4 Å². The Labute approximate surface area is 132 Å². The Bertz CT molecular complexity index is 844. The molecule has 0 saturated heterocycles. The van der Waals surface area contributed by atoms with Gasteiger partial charge in [0.2, 0.25) is 17.6 Å². The van der Waals surface area contributed by atoms with E-state index in [0.29, 0.717) is 35.1 Å². The fraction of sp³-hybridized carbons (Fsp3) is 0.118. The van der Waals surface area contributed by atoms with Gasteiger partial charge >= 0.3 is 0 Å². The zero-order valence-electron chi connectivity index (χ0n) is 12.2. The van der Waals surface area contributed by atoms with Crippen molar-refractivity contribution in [2.24, 2.45) is 0 Å². The predicted octanol–water partition coefficient (Wildman–Crippen LogP) is 2.88. The molecule has 6 nitrogen and oxygen atoms in total. The highest BCUT2D eigenvalue weighted by molar-refractivity contribution is 5.90. The van der Waals surface area contributed by atoms with Crippen molar-refractivity contribution in [2.45, 2.75) is 12.8 Å². The third-order valence-corrected chi connectivity index (χ3v) is 3.09. The maximum Gasteiger partial charge on any atom is 0.238 e. The summed E-state index contributed by atoms with van der Waals surface area (Å²) in [4.78, 5) is 16.1. The third-order valence-electron chi connectivity index (χ3n) is 3.09. The lowest BCUT2D eigenvalue weighted by atomic mass is 10.2. The summed E-state index contributed by atoms with van der Waals surface area (Å²) in [5.74, 6) is 3.64. The van der Waals surface area contributed by atoms with Crippen molar-refractivity contribution in [3.05, 3.63) is 54.1 Å². The number of carbonyl (C=O) groups excluding carboxylic acids is 1. The molecule has 3 aromatic rings. The SMILES string of the molecule is C#Cc1cccc(NC(=O)CCc2nc(-c3ccco3)no2)c1. The molecule has 0 spiro atoms. The van der Waals surface area contributed by atoms with Gasteiger partial charge in [-0.15, -0.1) is 6.42 Å². The van der Waals surface area contributed by atoms with Crippen LogP contribution >= 0.6 is 0 Å². The molecule has 0 saturated carbocycles. The Morgan fingerprint density at radius 3 is 3.00 bits per heavy atom. The average molecular weight is 307 g/mol. The molecule has 3 rings (SSSR count). The van der Waals surface area contributed by atoms with Crippen LogP contribution in [0.25, 0.3) is 11.6 Å². The summed E-state index contributed by atoms with van der Waals surface area (Å²) in [6, 6.07) is 10.6. The van der Waals surface area contributed by atoms with Crippen molar-refractivity contribution in [3.63, 3.8) is 0 Å². The van der Waals surface area contributed by atoms with E-state index in [0.717, 1.165) is 0 Å². The minimum Gasteiger partial charge on any atom is -0.461 e. The first-order valence-corrected chi connectivity index (χ1v) is 6.97. The number of amides is 1. The number of hydrogen-bond donors (Lipinski definition) is 1. The molecular formula is C17H13N3O3. The molecule has 1 amide bonds. The van der Waals surface area contributed by atoms with Gasteiger partial charge in [0.25, 0.3) is 0 Å². The van der Waals surface area contributed by atoms with Gasteiger partial charge in [0.1, 0.15) is 0 Å². The number of benzene rings is 1. The van der Waals surface area contributed by atoms with Crippen LogP contribution in [-0.4, -0.2) is 16.0 Å². The summed E-state index contributed by atoms with van der Waals surface area (Å²) in [6.07, 6.45) is 7.42. The minimum atomic E-state index is -0.156. The lowest BCUT2D eigenvalue weighted by Crippen LogP contribution is -2.12. The highest BCUT2D eigenvalue weighted by atomic mass is 16.5. The van der Waals surface area contributed by atoms with Crippen LogP contribution in [0, 0.1) is 12.3 Å². The molecule has 6 heteroatoms. The Morgan fingerprint density at radius 1 is 1.30 bits per heavy atom. The molecule has 1 aromatic carbocycles. The fourth-order valence-corrected chi connectivity index (χ4v) is 1.99. The van der Waals surface area contributed by atoms with Crippen LogP contribution in [-0.2, 0) is 11.2 Å². The molecule has 0 radical (unpaired) electrons. The van der Waals surface area contributed by atoms with Crippen LogP contribution in [0.3, 0.4) is 0 Å². The second-order valence-corrected chi connectivity index (χ2v) is 4.76. The quantitative estimate of drug-likeness (QED) is 0.733. The second-order valence-electron chi connectivity index (χ2n) is 4.76. The number of carbonyl (C=O) groups is 1. The highest BCUT2D eigenvalue weighted by Crippen LogP contribution is 2.16. The fourth-order valence-electron chi connectivity index (χ4n) is 1.99. The molecule has 0 atom stereocenters. The minimum absolute atomic E-state index is 0.156. The number of aryl methyl sites for hydroxylation is 1. The zero-order chi connectivity index (χ0) is 16.1. The van der Waals surface area contributed by atoms with Crippen molar-refractivity contribution in [1.29, 1.82) is 0 Å². The van der Waals surface area contributed by atoms with Crippen molar-refractivity contribution >= 4 is 11.6 Å². The summed E-state index contributed by atoms with van der Waals surface area (Å²) in [7, 11) is 0. The Kier molecular flexibility index (Phi) is 4.20. The molecular weight excluding hydrogens is 294 g/mol. The molecule has 114 valence electrons. The zero-order valence-corrected chi connectivity index (χ0v) is 12.2. The molecule has 0 bridgehead atoms. The van der Waals surface area contributed by atoms with E-state index in [2.05, 4.69) is 21.4 Å². The summed E-state index contributed by atoms with van der Waals surface area (Å²) < 4.78 is 10.3. The summed E-state index contributed by atoms with van der Waals surface area (Å²) in [5.41, 5.74) is 1.37. The smallest absolute Gasteiger partial charge is 0.238 e. The van der Waals surface area contributed by atoms with E-state index < -0.39 is 0 Å². The van der Waals surface area contributed by atoms with E-state index in [-0.39, 0.29) is 12.3 Å². The van der Waals surface area contributed by atoms with Crippen LogP contribution in [0.4, 0.5) is 5.69 Å². The lowest BCUT2D eigenvalue weighted by molar-refractivity contribution is -0.116. The van der Waals surface area contributed by atoms with Crippen LogP contribution in [0.15, 0.2) is 51.6 Å². The van der Waals surface area contributed by atoms with Crippen molar-refractivity contribution < 1.29 is 13.7 Å². The topological polar surface area (TPSA) is 81.2 Å². The summed E-state index contributed by atoms with van der Waals surface area (Å²) in [5, 5.41) is 6.59. The molecule has 2 heterocycles. The van der Waals surface area contributed by atoms with E-state index in [1.165, 1.54) is 6.26 Å². The van der Waals surface area contributed by atoms with Gasteiger partial charge in [-0.25, -0.2) is 0 Å². The third kappa shape index (κ3) is 3.66. The molecule has 0 aliphatic carbocycles. The normalized spacial score (nSPS) is 10.2. The van der Waals surface area contributed by atoms with Gasteiger partial charge in [0.05, 0.1) is 6.26 Å². The highest BCUT2D eigenvalue weighted by Gasteiger charge is 2.12. The second kappa shape index (κ2) is 6.62. The van der Waals surface area contributed by atoms with E-state index in [4.69, 9.17) is 15.4 Å². The van der Waals surface area contributed by atoms with Crippen LogP contribution in [0.2, 0.25) is 0 Å². The number of nitrogens with one attached hydrogen (secondary N) is 1. The Balaban J connectivity index is 1.56. The molecule has 0 aliphatic heterocycles. The summed E-state index contributed by atoms with van der Waals surface area (Å²) >= 11 is 0. The van der Waals surface area contributed by atoms with E-state index in [9.17, 15) is 4.79 Å². The van der Waals surface area contributed by atoms with Gasteiger partial charge in [-0.05, 0) is 30.3 Å². The number of aromatic nitrogens is 2. The largest absolute Gasteiger partial charge is 0.461 e. The molecule has 2 aromatic heterocycles. The maximum atomic E-state index is 11.9. The number of anilines is 1. The number of rotatable bonds is 5. The number of hydrogen-bond acceptors (Lipinski definition) is 5. The first-order valence-electron chi connectivity index (χ1n) is 6.97. The Hall–Kier alpha value is -3.33. The van der Waals surface area contributed by atoms with Gasteiger partial charge in [0.15, 0.2) is 5.76 Å². The first-order chi connectivity index (χ1) is 11.2. The molecule has 0 aliphatic rings. The van der Waals surface area contributed by atoms with E-state index in [1.807, 2.05) is 0 Å². The van der Waals surface area contributed by atoms with Gasteiger partial charge in [-0.3, -0.25) is 4.79 Å². The monoisotopic (exact) mass is 307 g/mol. The Morgan fingerprint density at radius 2 is 2.22 bits per heavy atom. The van der Waals surface area contributed by atoms with Crippen molar-refractivity contribution in [2.75, 3.05) is 5.32 Å². The lowest BCUT2D eigenvalue weighted by Gasteiger charge is -2.04. The predicted molar refractivity (Wildman–Crippen MR) is 83.3 cm³/mol. The maximum absolute atomic E-state index is 11.9. The molecule has 0 unspecified atom stereocenters. The van der Waals surface area contributed by atoms with Crippen LogP contribution in [0.5, 0.6) is 0 Å². The first kappa shape index (κ1) is 14.6. The standard InChI is InChI=1S/C17H13N3O3/c1-2-12-5-3-6-13(11-12)18-15(21)8-9-16-19-17(20-23-16)14-7-4-10-22-14/h1,3-7,10-11H,8-9H2,(H,18,21).